The van der Waals surface area contributed by atoms with Gasteiger partial charge in [0.25, 0.3) is 5.91 Å². The number of ether oxygens (including phenoxy) is 2. The number of amides is 3. The quantitative estimate of drug-likeness (QED) is 0.0319. The van der Waals surface area contributed by atoms with Gasteiger partial charge in [-0.25, -0.2) is 0 Å². The number of rotatable bonds is 23. The van der Waals surface area contributed by atoms with Crippen LogP contribution in [0.25, 0.3) is 0 Å². The molecule has 344 valence electrons. The van der Waals surface area contributed by atoms with Gasteiger partial charge in [-0.3, -0.25) is 19.4 Å². The minimum atomic E-state index is -0.146. The Balaban J connectivity index is 0.000000341. The van der Waals surface area contributed by atoms with Crippen LogP contribution in [0, 0.1) is 5.92 Å². The van der Waals surface area contributed by atoms with Crippen molar-refractivity contribution in [2.75, 3.05) is 74.0 Å². The van der Waals surface area contributed by atoms with Gasteiger partial charge in [0.15, 0.2) is 5.75 Å². The molecule has 0 saturated carbocycles. The van der Waals surface area contributed by atoms with Crippen LogP contribution in [0.15, 0.2) is 88.9 Å². The van der Waals surface area contributed by atoms with E-state index in [1.807, 2.05) is 98.6 Å². The van der Waals surface area contributed by atoms with E-state index in [0.717, 1.165) is 73.4 Å². The highest BCUT2D eigenvalue weighted by Gasteiger charge is 2.25. The molecule has 0 spiro atoms. The standard InChI is InChI=1S/C32H40N4O5S.C15H20Cl2N4O/c1-5-18-40-25-13-11-14-26(20-25)41-31-22-29(35(2)3)30(36(4)23-38)21-28(31)34-42-27-15-10-12-24(19-27)32(39)33-16-8-6-7-9-17-37;1-10-9-21(11-5-6-12(16)13(17)8-11)20-15(10)19-14(22)4-3-7-18-2/h10-15,17,19-23,34H,5-9,16,18H2,1-4H3,(H,33,39);5-6,8,10,18H,3-4,7,9H2,1-2H3,(H,19,20,22). The number of nitrogens with zero attached hydrogens (tertiary/aromatic N) is 4. The van der Waals surface area contributed by atoms with Gasteiger partial charge in [0.2, 0.25) is 12.3 Å². The second-order valence-electron chi connectivity index (χ2n) is 15.2. The lowest BCUT2D eigenvalue weighted by atomic mass is 10.1. The molecule has 5 rings (SSSR count). The van der Waals surface area contributed by atoms with Crippen LogP contribution in [-0.4, -0.2) is 84.8 Å². The first-order chi connectivity index (χ1) is 30.9. The number of nitrogens with one attached hydrogen (secondary N) is 4. The number of hydrazone groups is 1. The number of carbonyl (C=O) groups excluding carboxylic acids is 4. The third-order valence-electron chi connectivity index (χ3n) is 9.70. The minimum absolute atomic E-state index is 0.00293. The fourth-order valence-corrected chi connectivity index (χ4v) is 7.26. The summed E-state index contributed by atoms with van der Waals surface area (Å²) < 4.78 is 15.5. The van der Waals surface area contributed by atoms with Gasteiger partial charge < -0.3 is 44.7 Å². The van der Waals surface area contributed by atoms with Gasteiger partial charge in [0, 0.05) is 69.0 Å². The maximum Gasteiger partial charge on any atom is 0.251 e. The van der Waals surface area contributed by atoms with Crippen molar-refractivity contribution in [1.82, 2.24) is 16.0 Å². The lowest BCUT2D eigenvalue weighted by molar-refractivity contribution is -0.119. The molecule has 64 heavy (non-hydrogen) atoms. The molecule has 1 heterocycles. The lowest BCUT2D eigenvalue weighted by Crippen LogP contribution is -2.33. The van der Waals surface area contributed by atoms with E-state index in [9.17, 15) is 19.2 Å². The highest BCUT2D eigenvalue weighted by molar-refractivity contribution is 8.00. The molecule has 0 aliphatic carbocycles. The number of carbonyl (C=O) groups is 4. The van der Waals surface area contributed by atoms with Crippen molar-refractivity contribution in [3.8, 4) is 17.2 Å². The van der Waals surface area contributed by atoms with Crippen LogP contribution < -0.4 is 45.0 Å². The van der Waals surface area contributed by atoms with Crippen molar-refractivity contribution >= 4 is 88.2 Å². The first kappa shape index (κ1) is 51.2. The molecule has 14 nitrogen and oxygen atoms in total. The molecule has 0 bridgehead atoms. The Bertz CT molecular complexity index is 2200. The summed E-state index contributed by atoms with van der Waals surface area (Å²) in [5.41, 5.74) is 3.57. The number of unbranched alkanes of at least 4 members (excludes halogenated alkanes) is 3. The zero-order chi connectivity index (χ0) is 46.4. The molecular weight excluding hydrogens is 876 g/mol. The predicted octanol–water partition coefficient (Wildman–Crippen LogP) is 9.41. The molecule has 1 aliphatic rings. The summed E-state index contributed by atoms with van der Waals surface area (Å²) in [6.45, 7) is 6.78. The van der Waals surface area contributed by atoms with E-state index in [2.05, 4.69) is 32.7 Å². The third-order valence-corrected chi connectivity index (χ3v) is 11.3. The molecule has 0 radical (unpaired) electrons. The van der Waals surface area contributed by atoms with E-state index < -0.39 is 0 Å². The summed E-state index contributed by atoms with van der Waals surface area (Å²) in [5.74, 6) is 2.60. The van der Waals surface area contributed by atoms with Gasteiger partial charge in [0.1, 0.15) is 23.6 Å². The molecule has 4 aromatic carbocycles. The van der Waals surface area contributed by atoms with Gasteiger partial charge in [-0.15, -0.1) is 0 Å². The van der Waals surface area contributed by atoms with E-state index in [1.54, 1.807) is 25.2 Å². The molecule has 0 aromatic heterocycles. The van der Waals surface area contributed by atoms with Crippen molar-refractivity contribution in [2.45, 2.75) is 63.7 Å². The van der Waals surface area contributed by atoms with E-state index in [1.165, 1.54) is 16.8 Å². The van der Waals surface area contributed by atoms with E-state index >= 15 is 0 Å². The summed E-state index contributed by atoms with van der Waals surface area (Å²) in [6.07, 6.45) is 6.99. The predicted molar refractivity (Wildman–Crippen MR) is 262 cm³/mol. The van der Waals surface area contributed by atoms with Gasteiger partial charge in [0.05, 0.1) is 45.9 Å². The van der Waals surface area contributed by atoms with Crippen molar-refractivity contribution in [2.24, 2.45) is 11.0 Å². The number of anilines is 4. The molecule has 3 amide bonds. The Labute approximate surface area is 391 Å². The van der Waals surface area contributed by atoms with Crippen molar-refractivity contribution in [3.63, 3.8) is 0 Å². The van der Waals surface area contributed by atoms with Crippen molar-refractivity contribution in [1.29, 1.82) is 0 Å². The summed E-state index contributed by atoms with van der Waals surface area (Å²) in [7, 11) is 7.38. The molecule has 17 heteroatoms. The smallest absolute Gasteiger partial charge is 0.251 e. The molecule has 1 unspecified atom stereocenters. The van der Waals surface area contributed by atoms with Crippen molar-refractivity contribution < 1.29 is 28.7 Å². The average Bonchev–Trinajstić information content (AvgIpc) is 3.66. The van der Waals surface area contributed by atoms with Gasteiger partial charge in [-0.05, 0) is 106 Å². The van der Waals surface area contributed by atoms with Gasteiger partial charge in [-0.1, -0.05) is 55.6 Å². The third kappa shape index (κ3) is 16.3. The molecule has 0 fully saturated rings. The first-order valence-corrected chi connectivity index (χ1v) is 22.9. The number of amidine groups is 1. The first-order valence-electron chi connectivity index (χ1n) is 21.3. The highest BCUT2D eigenvalue weighted by atomic mass is 35.5. The summed E-state index contributed by atoms with van der Waals surface area (Å²) >= 11 is 13.3. The van der Waals surface area contributed by atoms with Gasteiger partial charge >= 0.3 is 0 Å². The van der Waals surface area contributed by atoms with E-state index in [0.29, 0.717) is 76.9 Å². The second kappa shape index (κ2) is 27.0. The lowest BCUT2D eigenvalue weighted by Gasteiger charge is -2.24. The van der Waals surface area contributed by atoms with Crippen LogP contribution in [0.3, 0.4) is 0 Å². The maximum absolute atomic E-state index is 12.7. The topological polar surface area (TPSA) is 157 Å². The zero-order valence-electron chi connectivity index (χ0n) is 37.4. The largest absolute Gasteiger partial charge is 0.493 e. The molecule has 4 N–H and O–H groups in total. The summed E-state index contributed by atoms with van der Waals surface area (Å²) in [5, 5.41) is 16.2. The van der Waals surface area contributed by atoms with Crippen LogP contribution >= 0.6 is 35.1 Å². The number of benzene rings is 4. The molecule has 1 aliphatic heterocycles. The van der Waals surface area contributed by atoms with Crippen molar-refractivity contribution in [3.05, 3.63) is 94.5 Å². The van der Waals surface area contributed by atoms with Crippen LogP contribution in [0.1, 0.15) is 69.2 Å². The molecule has 4 aromatic rings. The minimum Gasteiger partial charge on any atom is -0.493 e. The van der Waals surface area contributed by atoms with Crippen LogP contribution in [-0.2, 0) is 14.4 Å². The fourth-order valence-electron chi connectivity index (χ4n) is 6.25. The Morgan fingerprint density at radius 1 is 0.906 bits per heavy atom. The normalized spacial score (nSPS) is 12.9. The number of aldehydes is 1. The Morgan fingerprint density at radius 2 is 1.69 bits per heavy atom. The average molecular weight is 936 g/mol. The molecular formula is C47H60Cl2N8O6S. The van der Waals surface area contributed by atoms with Crippen LogP contribution in [0.2, 0.25) is 10.0 Å². The van der Waals surface area contributed by atoms with Crippen LogP contribution in [0.4, 0.5) is 22.7 Å². The Morgan fingerprint density at radius 3 is 2.41 bits per heavy atom. The molecule has 1 atom stereocenters. The van der Waals surface area contributed by atoms with Crippen LogP contribution in [0.5, 0.6) is 17.2 Å². The summed E-state index contributed by atoms with van der Waals surface area (Å²) in [6, 6.07) is 24.0. The molecule has 0 saturated heterocycles. The second-order valence-corrected chi connectivity index (χ2v) is 16.9. The number of hydrogen-bond donors (Lipinski definition) is 4. The van der Waals surface area contributed by atoms with Gasteiger partial charge in [-0.2, -0.15) is 5.10 Å². The zero-order valence-corrected chi connectivity index (χ0v) is 39.7. The Hall–Kier alpha value is -5.48. The SMILES string of the molecule is CCCOc1cccc(Oc2cc(N(C)C)c(N(C)C=O)cc2NSc2cccc(C(=O)NCCCCCC=O)c2)c1.CNCCCC(=O)NC1=NN(c2ccc(Cl)c(Cl)c2)CC1C. The van der Waals surface area contributed by atoms with E-state index in [-0.39, 0.29) is 17.7 Å². The number of hydrogen-bond acceptors (Lipinski definition) is 12. The van der Waals surface area contributed by atoms with E-state index in [4.69, 9.17) is 32.7 Å². The fraction of sp³-hybridized carbons (Fsp3) is 0.383. The monoisotopic (exact) mass is 934 g/mol. The maximum atomic E-state index is 12.7. The Kier molecular flexibility index (Phi) is 21.6. The highest BCUT2D eigenvalue weighted by Crippen LogP contribution is 2.42. The summed E-state index contributed by atoms with van der Waals surface area (Å²) in [4.78, 5) is 51.0. The number of halogens is 2.